The number of carbonyl (C=O) groups is 2. The number of hydrogen-bond acceptors (Lipinski definition) is 8. The smallest absolute Gasteiger partial charge is 0.426 e. The quantitative estimate of drug-likeness (QED) is 0.194. The zero-order valence-electron chi connectivity index (χ0n) is 22.9. The second-order valence-electron chi connectivity index (χ2n) is 12.3. The Morgan fingerprint density at radius 3 is 2.54 bits per heavy atom. The van der Waals surface area contributed by atoms with E-state index in [1.165, 1.54) is 0 Å². The van der Waals surface area contributed by atoms with Crippen molar-refractivity contribution in [3.63, 3.8) is 0 Å². The molecule has 9 atom stereocenters. The van der Waals surface area contributed by atoms with Crippen LogP contribution in [0, 0.1) is 29.6 Å². The molecule has 4 heterocycles. The van der Waals surface area contributed by atoms with Crippen LogP contribution in [0.2, 0.25) is 0 Å². The number of amides is 2. The van der Waals surface area contributed by atoms with Crippen molar-refractivity contribution in [1.82, 2.24) is 10.6 Å². The third kappa shape index (κ3) is 6.02. The van der Waals surface area contributed by atoms with Crippen LogP contribution in [0.4, 0.5) is 0 Å². The molecule has 5 fully saturated rings. The van der Waals surface area contributed by atoms with E-state index in [0.717, 1.165) is 25.7 Å². The van der Waals surface area contributed by atoms with Gasteiger partial charge in [0.2, 0.25) is 17.6 Å². The maximum Gasteiger partial charge on any atom is 0.475 e. The maximum atomic E-state index is 12.8. The highest BCUT2D eigenvalue weighted by atomic mass is 17.3. The van der Waals surface area contributed by atoms with Crippen molar-refractivity contribution in [2.24, 2.45) is 29.6 Å². The van der Waals surface area contributed by atoms with E-state index >= 15 is 0 Å². The monoisotopic (exact) mass is 524 g/mol. The second-order valence-corrected chi connectivity index (χ2v) is 12.3. The number of carbonyl (C=O) groups excluding carboxylic acids is 2. The summed E-state index contributed by atoms with van der Waals surface area (Å²) in [4.78, 5) is 37.0. The van der Waals surface area contributed by atoms with Gasteiger partial charge in [0, 0.05) is 25.3 Å². The number of hydrogen-bond donors (Lipinski definition) is 4. The van der Waals surface area contributed by atoms with Gasteiger partial charge >= 0.3 is 7.12 Å². The summed E-state index contributed by atoms with van der Waals surface area (Å²) in [5.74, 6) is -0.662. The van der Waals surface area contributed by atoms with Crippen molar-refractivity contribution in [3.05, 3.63) is 0 Å². The van der Waals surface area contributed by atoms with Gasteiger partial charge in [-0.25, -0.2) is 9.78 Å². The Hall–Kier alpha value is -1.24. The Morgan fingerprint density at radius 1 is 1.08 bits per heavy atom. The normalized spacial score (nSPS) is 39.5. The minimum atomic E-state index is -1.60. The van der Waals surface area contributed by atoms with E-state index in [-0.39, 0.29) is 54.4 Å². The van der Waals surface area contributed by atoms with Crippen LogP contribution in [0.1, 0.15) is 86.0 Å². The predicted molar refractivity (Wildman–Crippen MR) is 135 cm³/mol. The predicted octanol–water partition coefficient (Wildman–Crippen LogP) is 2.07. The molecule has 0 aromatic heterocycles. The first-order chi connectivity index (χ1) is 17.4. The molecule has 1 unspecified atom stereocenters. The van der Waals surface area contributed by atoms with Crippen molar-refractivity contribution in [2.75, 3.05) is 6.54 Å². The number of fused-ring (bicyclic) bond motifs is 2. The summed E-state index contributed by atoms with van der Waals surface area (Å²) >= 11 is 0. The van der Waals surface area contributed by atoms with Gasteiger partial charge in [-0.2, -0.15) is 0 Å². The molecule has 0 aromatic rings. The lowest BCUT2D eigenvalue weighted by molar-refractivity contribution is -0.570. The van der Waals surface area contributed by atoms with E-state index in [0.29, 0.717) is 25.3 Å². The topological polar surface area (TPSA) is 136 Å². The van der Waals surface area contributed by atoms with Gasteiger partial charge in [-0.05, 0) is 62.7 Å². The molecule has 11 heteroatoms. The van der Waals surface area contributed by atoms with Gasteiger partial charge in [0.15, 0.2) is 11.9 Å². The number of nitrogens with one attached hydrogen (secondary N) is 2. The molecule has 4 N–H and O–H groups in total. The van der Waals surface area contributed by atoms with Crippen LogP contribution in [0.5, 0.6) is 0 Å². The number of ether oxygens (including phenoxy) is 2. The molecule has 1 saturated carbocycles. The Balaban J connectivity index is 1.28. The molecule has 1 spiro atoms. The molecule has 0 radical (unpaired) electrons. The molecule has 37 heavy (non-hydrogen) atoms. The Labute approximate surface area is 220 Å². The lowest BCUT2D eigenvalue weighted by Gasteiger charge is -2.60. The van der Waals surface area contributed by atoms with Crippen LogP contribution in [-0.2, 0) is 28.8 Å². The van der Waals surface area contributed by atoms with E-state index in [9.17, 15) is 19.6 Å². The largest absolute Gasteiger partial charge is 0.475 e. The minimum absolute atomic E-state index is 0.0974. The van der Waals surface area contributed by atoms with Crippen molar-refractivity contribution in [3.8, 4) is 0 Å². The molecule has 1 aliphatic carbocycles. The van der Waals surface area contributed by atoms with Crippen LogP contribution in [0.25, 0.3) is 0 Å². The maximum absolute atomic E-state index is 12.8. The van der Waals surface area contributed by atoms with Gasteiger partial charge in [-0.3, -0.25) is 9.59 Å². The van der Waals surface area contributed by atoms with E-state index in [1.807, 2.05) is 20.8 Å². The zero-order chi connectivity index (χ0) is 27.0. The van der Waals surface area contributed by atoms with Gasteiger partial charge in [-0.15, -0.1) is 0 Å². The Morgan fingerprint density at radius 2 is 1.84 bits per heavy atom. The minimum Gasteiger partial charge on any atom is -0.426 e. The molecule has 5 rings (SSSR count). The van der Waals surface area contributed by atoms with Gasteiger partial charge in [0.1, 0.15) is 0 Å². The van der Waals surface area contributed by atoms with Crippen LogP contribution in [0.15, 0.2) is 0 Å². The molecule has 4 aliphatic heterocycles. The second kappa shape index (κ2) is 11.5. The third-order valence-corrected chi connectivity index (χ3v) is 9.02. The first-order valence-corrected chi connectivity index (χ1v) is 14.1. The van der Waals surface area contributed by atoms with Crippen molar-refractivity contribution < 1.29 is 38.9 Å². The summed E-state index contributed by atoms with van der Waals surface area (Å²) in [7, 11) is -1.60. The Kier molecular flexibility index (Phi) is 8.92. The summed E-state index contributed by atoms with van der Waals surface area (Å²) in [6.07, 6.45) is 4.28. The van der Waals surface area contributed by atoms with Crippen LogP contribution >= 0.6 is 0 Å². The van der Waals surface area contributed by atoms with Crippen molar-refractivity contribution in [2.45, 2.75) is 116 Å². The van der Waals surface area contributed by atoms with E-state index in [4.69, 9.17) is 19.2 Å². The third-order valence-electron chi connectivity index (χ3n) is 9.02. The highest BCUT2D eigenvalue weighted by Gasteiger charge is 2.69. The molecule has 210 valence electrons. The van der Waals surface area contributed by atoms with Crippen LogP contribution in [0.3, 0.4) is 0 Å². The van der Waals surface area contributed by atoms with Gasteiger partial charge in [-0.1, -0.05) is 27.7 Å². The van der Waals surface area contributed by atoms with Crippen molar-refractivity contribution in [1.29, 1.82) is 0 Å². The van der Waals surface area contributed by atoms with E-state index < -0.39 is 30.7 Å². The van der Waals surface area contributed by atoms with Crippen LogP contribution in [-0.4, -0.2) is 65.2 Å². The molecule has 2 bridgehead atoms. The highest BCUT2D eigenvalue weighted by molar-refractivity contribution is 6.43. The lowest BCUT2D eigenvalue weighted by atomic mass is 9.57. The first-order valence-electron chi connectivity index (χ1n) is 14.1. The molecule has 2 amide bonds. The average molecular weight is 524 g/mol. The molecule has 4 saturated heterocycles. The Bertz CT molecular complexity index is 830. The van der Waals surface area contributed by atoms with Gasteiger partial charge < -0.3 is 30.2 Å². The summed E-state index contributed by atoms with van der Waals surface area (Å²) in [6.45, 7) is 10.6. The SMILES string of the molecule is CC(C)CC(NC(=O)CCCNC(=O)C[C@H]1O[C@@H]2O[C@@]3(C)CC[C@H]4[C@H](C)CC[C@@H]([C@H]1C)[C@@]24OO3)B(O)O. The summed E-state index contributed by atoms with van der Waals surface area (Å²) < 4.78 is 12.8. The van der Waals surface area contributed by atoms with Gasteiger partial charge in [0.25, 0.3) is 0 Å². The first kappa shape index (κ1) is 28.8. The molecular weight excluding hydrogens is 479 g/mol. The number of rotatable bonds is 10. The molecule has 0 aromatic carbocycles. The van der Waals surface area contributed by atoms with E-state index in [1.54, 1.807) is 0 Å². The standard InChI is InChI=1S/C26H45BN2O8/c1-15(2)13-21(27(32)33)29-22(30)7-6-12-28-23(31)14-20-17(4)19-9-8-16(3)18-10-11-25(5)35-24(34-20)26(18,19)37-36-25/h15-21,24,32-33H,6-14H2,1-5H3,(H,28,31)(H,29,30)/t16-,17-,18+,19+,20-,21?,24-,25-,26-/m1/s1. The van der Waals surface area contributed by atoms with Crippen LogP contribution < -0.4 is 10.6 Å². The molecular formula is C26H45BN2O8. The molecule has 10 nitrogen and oxygen atoms in total. The van der Waals surface area contributed by atoms with E-state index in [2.05, 4.69) is 24.5 Å². The lowest BCUT2D eigenvalue weighted by Crippen LogP contribution is -2.70. The summed E-state index contributed by atoms with van der Waals surface area (Å²) in [5, 5.41) is 24.5. The average Bonchev–Trinajstić information content (AvgIpc) is 3.05. The van der Waals surface area contributed by atoms with Crippen molar-refractivity contribution >= 4 is 18.9 Å². The zero-order valence-corrected chi connectivity index (χ0v) is 22.9. The fourth-order valence-corrected chi connectivity index (χ4v) is 6.99. The summed E-state index contributed by atoms with van der Waals surface area (Å²) in [5.41, 5.74) is -0.636. The molecule has 5 aliphatic rings. The summed E-state index contributed by atoms with van der Waals surface area (Å²) in [6, 6.07) is 0. The fraction of sp³-hybridized carbons (Fsp3) is 0.923. The highest BCUT2D eigenvalue weighted by Crippen LogP contribution is 2.60. The fourth-order valence-electron chi connectivity index (χ4n) is 6.99. The van der Waals surface area contributed by atoms with Gasteiger partial charge in [0.05, 0.1) is 18.5 Å².